The molecular formula is C12H14N4O2. The number of carbonyl (C=O) groups excluding carboxylic acids is 1. The van der Waals surface area contributed by atoms with E-state index in [9.17, 15) is 4.79 Å². The number of hydrogen-bond acceptors (Lipinski definition) is 5. The van der Waals surface area contributed by atoms with E-state index in [-0.39, 0.29) is 5.82 Å². The fraction of sp³-hybridized carbons (Fsp3) is 0.250. The first-order valence-electron chi connectivity index (χ1n) is 5.58. The summed E-state index contributed by atoms with van der Waals surface area (Å²) in [5.41, 5.74) is 6.99. The van der Waals surface area contributed by atoms with Crippen molar-refractivity contribution in [1.82, 2.24) is 15.5 Å². The summed E-state index contributed by atoms with van der Waals surface area (Å²) in [5.74, 6) is -0.485. The van der Waals surface area contributed by atoms with E-state index in [1.165, 1.54) is 0 Å². The molecule has 1 aromatic heterocycles. The average molecular weight is 246 g/mol. The van der Waals surface area contributed by atoms with E-state index in [0.29, 0.717) is 5.89 Å². The highest BCUT2D eigenvalue weighted by molar-refractivity contribution is 5.89. The maximum absolute atomic E-state index is 10.9. The van der Waals surface area contributed by atoms with Crippen molar-refractivity contribution in [2.24, 2.45) is 5.73 Å². The fourth-order valence-electron chi connectivity index (χ4n) is 1.64. The first-order chi connectivity index (χ1) is 8.72. The Morgan fingerprint density at radius 1 is 1.44 bits per heavy atom. The molecule has 1 aromatic carbocycles. The van der Waals surface area contributed by atoms with Crippen LogP contribution in [0.25, 0.3) is 11.5 Å². The van der Waals surface area contributed by atoms with Crippen LogP contribution in [0.5, 0.6) is 0 Å². The predicted octanol–water partition coefficient (Wildman–Crippen LogP) is 0.597. The van der Waals surface area contributed by atoms with E-state index in [1.54, 1.807) is 0 Å². The minimum atomic E-state index is -0.697. The molecule has 0 bridgehead atoms. The molecular weight excluding hydrogens is 232 g/mol. The number of nitrogens with two attached hydrogens (primary N) is 1. The normalized spacial score (nSPS) is 10.5. The lowest BCUT2D eigenvalue weighted by molar-refractivity contribution is 0.0987. The lowest BCUT2D eigenvalue weighted by Crippen LogP contribution is -2.12. The number of rotatable bonds is 5. The second-order valence-corrected chi connectivity index (χ2v) is 3.80. The van der Waals surface area contributed by atoms with Gasteiger partial charge in [-0.3, -0.25) is 4.79 Å². The van der Waals surface area contributed by atoms with Crippen molar-refractivity contribution >= 4 is 5.91 Å². The number of nitrogens with one attached hydrogen (secondary N) is 1. The van der Waals surface area contributed by atoms with Crippen molar-refractivity contribution in [3.63, 3.8) is 0 Å². The third-order valence-electron chi connectivity index (χ3n) is 2.54. The Hall–Kier alpha value is -2.21. The number of nitrogens with zero attached hydrogens (tertiary/aromatic N) is 2. The van der Waals surface area contributed by atoms with Gasteiger partial charge in [-0.1, -0.05) is 23.4 Å². The molecule has 0 fully saturated rings. The first-order valence-corrected chi connectivity index (χ1v) is 5.58. The summed E-state index contributed by atoms with van der Waals surface area (Å²) in [6, 6.07) is 7.69. The quantitative estimate of drug-likeness (QED) is 0.805. The standard InChI is InChI=1S/C12H14N4O2/c1-14-7-6-8-4-2-3-5-9(8)12-15-11(10(13)17)16-18-12/h2-5,14H,6-7H2,1H3,(H2,13,17). The molecule has 0 unspecified atom stereocenters. The Labute approximate surface area is 104 Å². The van der Waals surface area contributed by atoms with E-state index in [0.717, 1.165) is 24.1 Å². The van der Waals surface area contributed by atoms with Gasteiger partial charge in [-0.25, -0.2) is 0 Å². The summed E-state index contributed by atoms with van der Waals surface area (Å²) >= 11 is 0. The summed E-state index contributed by atoms with van der Waals surface area (Å²) < 4.78 is 5.05. The molecule has 2 aromatic rings. The number of aromatic nitrogens is 2. The number of carbonyl (C=O) groups is 1. The van der Waals surface area contributed by atoms with Gasteiger partial charge >= 0.3 is 0 Å². The summed E-state index contributed by atoms with van der Waals surface area (Å²) in [4.78, 5) is 14.9. The van der Waals surface area contributed by atoms with Gasteiger partial charge in [-0.2, -0.15) is 4.98 Å². The molecule has 1 heterocycles. The maximum atomic E-state index is 10.9. The van der Waals surface area contributed by atoms with Crippen molar-refractivity contribution in [3.05, 3.63) is 35.7 Å². The second kappa shape index (κ2) is 5.42. The van der Waals surface area contributed by atoms with Gasteiger partial charge in [0.15, 0.2) is 0 Å². The molecule has 0 aliphatic carbocycles. The summed E-state index contributed by atoms with van der Waals surface area (Å²) in [6.07, 6.45) is 0.834. The molecule has 0 radical (unpaired) electrons. The van der Waals surface area contributed by atoms with Gasteiger partial charge in [0.2, 0.25) is 0 Å². The van der Waals surface area contributed by atoms with Crippen LogP contribution in [0.3, 0.4) is 0 Å². The zero-order chi connectivity index (χ0) is 13.0. The van der Waals surface area contributed by atoms with Crippen molar-refractivity contribution in [2.75, 3.05) is 13.6 Å². The minimum Gasteiger partial charge on any atom is -0.363 e. The molecule has 3 N–H and O–H groups in total. The predicted molar refractivity (Wildman–Crippen MR) is 65.9 cm³/mol. The van der Waals surface area contributed by atoms with Crippen molar-refractivity contribution < 1.29 is 9.32 Å². The third-order valence-corrected chi connectivity index (χ3v) is 2.54. The Morgan fingerprint density at radius 2 is 2.22 bits per heavy atom. The summed E-state index contributed by atoms with van der Waals surface area (Å²) in [6.45, 7) is 0.841. The molecule has 6 nitrogen and oxygen atoms in total. The van der Waals surface area contributed by atoms with Crippen molar-refractivity contribution in [3.8, 4) is 11.5 Å². The zero-order valence-corrected chi connectivity index (χ0v) is 10.0. The van der Waals surface area contributed by atoms with Crippen LogP contribution in [0.15, 0.2) is 28.8 Å². The number of hydrogen-bond donors (Lipinski definition) is 2. The smallest absolute Gasteiger partial charge is 0.290 e. The molecule has 0 saturated heterocycles. The molecule has 94 valence electrons. The van der Waals surface area contributed by atoms with Gasteiger partial charge in [-0.15, -0.1) is 0 Å². The Kier molecular flexibility index (Phi) is 3.69. The molecule has 0 atom stereocenters. The number of amides is 1. The molecule has 0 aliphatic heterocycles. The van der Waals surface area contributed by atoms with E-state index in [1.807, 2.05) is 31.3 Å². The Balaban J connectivity index is 2.33. The van der Waals surface area contributed by atoms with Crippen LogP contribution in [0, 0.1) is 0 Å². The van der Waals surface area contributed by atoms with Crippen LogP contribution < -0.4 is 11.1 Å². The van der Waals surface area contributed by atoms with Gasteiger partial charge in [0.1, 0.15) is 0 Å². The van der Waals surface area contributed by atoms with E-state index >= 15 is 0 Å². The molecule has 2 rings (SSSR count). The highest BCUT2D eigenvalue weighted by atomic mass is 16.5. The van der Waals surface area contributed by atoms with Crippen LogP contribution in [0.4, 0.5) is 0 Å². The van der Waals surface area contributed by atoms with Crippen molar-refractivity contribution in [1.29, 1.82) is 0 Å². The first kappa shape index (κ1) is 12.3. The van der Waals surface area contributed by atoms with Crippen LogP contribution in [-0.4, -0.2) is 29.6 Å². The SMILES string of the molecule is CNCCc1ccccc1-c1nc(C(N)=O)no1. The Bertz CT molecular complexity index is 551. The van der Waals surface area contributed by atoms with Gasteiger partial charge in [-0.05, 0) is 31.6 Å². The molecule has 18 heavy (non-hydrogen) atoms. The van der Waals surface area contributed by atoms with Gasteiger partial charge in [0.25, 0.3) is 17.6 Å². The number of primary amides is 1. The minimum absolute atomic E-state index is 0.103. The molecule has 0 spiro atoms. The molecule has 0 aliphatic rings. The zero-order valence-electron chi connectivity index (χ0n) is 10.0. The van der Waals surface area contributed by atoms with E-state index in [4.69, 9.17) is 10.3 Å². The maximum Gasteiger partial charge on any atom is 0.290 e. The topological polar surface area (TPSA) is 94.0 Å². The van der Waals surface area contributed by atoms with Gasteiger partial charge in [0.05, 0.1) is 0 Å². The molecule has 0 saturated carbocycles. The highest BCUT2D eigenvalue weighted by Gasteiger charge is 2.14. The number of likely N-dealkylation sites (N-methyl/N-ethyl adjacent to an activating group) is 1. The van der Waals surface area contributed by atoms with Gasteiger partial charge < -0.3 is 15.6 Å². The van der Waals surface area contributed by atoms with Crippen LogP contribution in [-0.2, 0) is 6.42 Å². The monoisotopic (exact) mass is 246 g/mol. The summed E-state index contributed by atoms with van der Waals surface area (Å²) in [7, 11) is 1.89. The Morgan fingerprint density at radius 3 is 2.89 bits per heavy atom. The van der Waals surface area contributed by atoms with Crippen molar-refractivity contribution in [2.45, 2.75) is 6.42 Å². The van der Waals surface area contributed by atoms with Crippen LogP contribution in [0.2, 0.25) is 0 Å². The second-order valence-electron chi connectivity index (χ2n) is 3.80. The summed E-state index contributed by atoms with van der Waals surface area (Å²) in [5, 5.41) is 6.61. The van der Waals surface area contributed by atoms with E-state index < -0.39 is 5.91 Å². The fourth-order valence-corrected chi connectivity index (χ4v) is 1.64. The van der Waals surface area contributed by atoms with E-state index in [2.05, 4.69) is 15.5 Å². The lowest BCUT2D eigenvalue weighted by Gasteiger charge is -2.04. The van der Waals surface area contributed by atoms with Crippen LogP contribution in [0.1, 0.15) is 16.2 Å². The third kappa shape index (κ3) is 2.54. The molecule has 6 heteroatoms. The average Bonchev–Trinajstić information content (AvgIpc) is 2.86. The lowest BCUT2D eigenvalue weighted by atomic mass is 10.0. The largest absolute Gasteiger partial charge is 0.363 e. The molecule has 1 amide bonds. The highest BCUT2D eigenvalue weighted by Crippen LogP contribution is 2.22. The van der Waals surface area contributed by atoms with Crippen LogP contribution >= 0.6 is 0 Å². The van der Waals surface area contributed by atoms with Gasteiger partial charge in [0, 0.05) is 5.56 Å². The number of benzene rings is 1.